The van der Waals surface area contributed by atoms with Crippen molar-refractivity contribution in [2.75, 3.05) is 26.0 Å². The van der Waals surface area contributed by atoms with Gasteiger partial charge in [0, 0.05) is 49.6 Å². The number of carbonyl (C=O) groups is 2. The summed E-state index contributed by atoms with van der Waals surface area (Å²) in [6.45, 7) is 1.07. The number of likely N-dealkylation sites (N-methyl/N-ethyl adjacent to an activating group) is 1. The molecule has 5 rings (SSSR count). The van der Waals surface area contributed by atoms with Gasteiger partial charge in [0.2, 0.25) is 5.91 Å². The minimum atomic E-state index is -0.703. The van der Waals surface area contributed by atoms with Gasteiger partial charge in [-0.2, -0.15) is 0 Å². The number of hydrogen-bond acceptors (Lipinski definition) is 5. The van der Waals surface area contributed by atoms with E-state index in [0.29, 0.717) is 25.2 Å². The Kier molecular flexibility index (Phi) is 6.58. The maximum Gasteiger partial charge on any atom is 0.253 e. The third kappa shape index (κ3) is 4.88. The van der Waals surface area contributed by atoms with E-state index in [9.17, 15) is 19.8 Å². The molecule has 0 unspecified atom stereocenters. The Hall–Kier alpha value is -4.30. The number of phenols is 1. The summed E-state index contributed by atoms with van der Waals surface area (Å²) >= 11 is 0. The highest BCUT2D eigenvalue weighted by Gasteiger charge is 2.27. The average molecular weight is 499 g/mol. The predicted octanol–water partition coefficient (Wildman–Crippen LogP) is 3.41. The van der Waals surface area contributed by atoms with Gasteiger partial charge in [-0.15, -0.1) is 0 Å². The highest BCUT2D eigenvalue weighted by molar-refractivity contribution is 5.95. The first kappa shape index (κ1) is 24.4. The number of nitrogens with one attached hydrogen (secondary N) is 1. The molecule has 2 amide bonds. The van der Waals surface area contributed by atoms with Crippen LogP contribution in [0.5, 0.6) is 5.75 Å². The van der Waals surface area contributed by atoms with Gasteiger partial charge in [0.15, 0.2) is 0 Å². The lowest BCUT2D eigenvalue weighted by Gasteiger charge is -2.20. The minimum absolute atomic E-state index is 0.124. The number of aromatic hydroxyl groups is 1. The summed E-state index contributed by atoms with van der Waals surface area (Å²) in [6, 6.07) is 22.1. The van der Waals surface area contributed by atoms with Gasteiger partial charge in [-0.25, -0.2) is 0 Å². The smallest absolute Gasteiger partial charge is 0.253 e. The number of para-hydroxylation sites is 1. The van der Waals surface area contributed by atoms with Crippen molar-refractivity contribution in [3.63, 3.8) is 0 Å². The molecule has 2 heterocycles. The summed E-state index contributed by atoms with van der Waals surface area (Å²) in [4.78, 5) is 29.1. The van der Waals surface area contributed by atoms with Crippen LogP contribution in [0.1, 0.15) is 27.2 Å². The van der Waals surface area contributed by atoms with Crippen molar-refractivity contribution in [3.8, 4) is 5.75 Å². The Morgan fingerprint density at radius 1 is 1.08 bits per heavy atom. The molecule has 1 aliphatic heterocycles. The number of nitrogens with zero attached hydrogens (tertiary/aromatic N) is 3. The summed E-state index contributed by atoms with van der Waals surface area (Å²) in [5.41, 5.74) is 5.23. The van der Waals surface area contributed by atoms with Gasteiger partial charge in [0.1, 0.15) is 11.8 Å². The zero-order valence-corrected chi connectivity index (χ0v) is 20.9. The number of aliphatic hydroxyl groups is 1. The van der Waals surface area contributed by atoms with Gasteiger partial charge in [0.05, 0.1) is 13.2 Å². The summed E-state index contributed by atoms with van der Waals surface area (Å²) < 4.78 is 2.20. The van der Waals surface area contributed by atoms with E-state index in [1.807, 2.05) is 30.3 Å². The molecule has 37 heavy (non-hydrogen) atoms. The number of carbonyl (C=O) groups excluding carboxylic acids is 2. The van der Waals surface area contributed by atoms with Crippen molar-refractivity contribution in [2.45, 2.75) is 25.7 Å². The molecule has 3 N–H and O–H groups in total. The fraction of sp³-hybridized carbons (Fsp3) is 0.241. The van der Waals surface area contributed by atoms with Crippen molar-refractivity contribution < 1.29 is 19.8 Å². The number of hydrogen-bond donors (Lipinski definition) is 3. The van der Waals surface area contributed by atoms with E-state index >= 15 is 0 Å². The lowest BCUT2D eigenvalue weighted by Crippen LogP contribution is -2.40. The summed E-state index contributed by atoms with van der Waals surface area (Å²) in [7, 11) is 3.47. The SMILES string of the molecule is CN(Cc1cc2ccccc2n1Cc1ccc(O)cc1)C(=O)c1ccc2c(c1)CN(C)C(=O)[C@@H](CO)N2. The van der Waals surface area contributed by atoms with Crippen molar-refractivity contribution in [1.82, 2.24) is 14.4 Å². The molecule has 0 radical (unpaired) electrons. The monoisotopic (exact) mass is 498 g/mol. The van der Waals surface area contributed by atoms with E-state index in [-0.39, 0.29) is 24.2 Å². The lowest BCUT2D eigenvalue weighted by molar-refractivity contribution is -0.131. The Morgan fingerprint density at radius 3 is 2.59 bits per heavy atom. The fourth-order valence-electron chi connectivity index (χ4n) is 4.88. The van der Waals surface area contributed by atoms with Crippen LogP contribution in [0.15, 0.2) is 72.8 Å². The molecule has 1 atom stereocenters. The molecule has 0 saturated heterocycles. The van der Waals surface area contributed by atoms with Crippen molar-refractivity contribution in [3.05, 3.63) is 95.2 Å². The fourth-order valence-corrected chi connectivity index (χ4v) is 4.88. The number of anilines is 1. The molecule has 0 fully saturated rings. The number of phenolic OH excluding ortho intramolecular Hbond substituents is 1. The summed E-state index contributed by atoms with van der Waals surface area (Å²) in [5.74, 6) is -0.0867. The highest BCUT2D eigenvalue weighted by atomic mass is 16.3. The number of rotatable bonds is 6. The highest BCUT2D eigenvalue weighted by Crippen LogP contribution is 2.26. The molecular formula is C29H30N4O4. The van der Waals surface area contributed by atoms with E-state index < -0.39 is 6.04 Å². The molecule has 190 valence electrons. The number of aromatic nitrogens is 1. The third-order valence-electron chi connectivity index (χ3n) is 6.87. The van der Waals surface area contributed by atoms with Crippen LogP contribution in [-0.4, -0.2) is 63.1 Å². The van der Waals surface area contributed by atoms with Gasteiger partial charge in [0.25, 0.3) is 5.91 Å². The van der Waals surface area contributed by atoms with Crippen LogP contribution in [0.2, 0.25) is 0 Å². The molecule has 8 nitrogen and oxygen atoms in total. The maximum atomic E-state index is 13.5. The van der Waals surface area contributed by atoms with Crippen molar-refractivity contribution in [2.24, 2.45) is 0 Å². The van der Waals surface area contributed by atoms with E-state index in [4.69, 9.17) is 0 Å². The van der Waals surface area contributed by atoms with Crippen LogP contribution in [0.25, 0.3) is 10.9 Å². The van der Waals surface area contributed by atoms with E-state index in [1.165, 1.54) is 0 Å². The Balaban J connectivity index is 1.41. The molecule has 8 heteroatoms. The first-order valence-electron chi connectivity index (χ1n) is 12.2. The van der Waals surface area contributed by atoms with E-state index in [1.54, 1.807) is 48.2 Å². The number of fused-ring (bicyclic) bond motifs is 2. The van der Waals surface area contributed by atoms with Gasteiger partial charge in [-0.05, 0) is 59.0 Å². The van der Waals surface area contributed by atoms with Crippen molar-refractivity contribution >= 4 is 28.4 Å². The van der Waals surface area contributed by atoms with Crippen LogP contribution in [-0.2, 0) is 24.4 Å². The molecular weight excluding hydrogens is 468 g/mol. The molecule has 4 aromatic rings. The zero-order chi connectivity index (χ0) is 26.1. The second-order valence-electron chi connectivity index (χ2n) is 9.55. The Bertz CT molecular complexity index is 1460. The predicted molar refractivity (Wildman–Crippen MR) is 142 cm³/mol. The first-order valence-corrected chi connectivity index (χ1v) is 12.2. The largest absolute Gasteiger partial charge is 0.508 e. The molecule has 0 bridgehead atoms. The number of amides is 2. The van der Waals surface area contributed by atoms with E-state index in [2.05, 4.69) is 28.1 Å². The Morgan fingerprint density at radius 2 is 1.84 bits per heavy atom. The topological polar surface area (TPSA) is 98.0 Å². The third-order valence-corrected chi connectivity index (χ3v) is 6.87. The summed E-state index contributed by atoms with van der Waals surface area (Å²) in [5, 5.41) is 23.4. The quantitative estimate of drug-likeness (QED) is 0.379. The van der Waals surface area contributed by atoms with Gasteiger partial charge in [-0.3, -0.25) is 9.59 Å². The van der Waals surface area contributed by atoms with Crippen molar-refractivity contribution in [1.29, 1.82) is 0 Å². The molecule has 0 spiro atoms. The van der Waals surface area contributed by atoms with Gasteiger partial charge >= 0.3 is 0 Å². The summed E-state index contributed by atoms with van der Waals surface area (Å²) in [6.07, 6.45) is 0. The van der Waals surface area contributed by atoms with Crippen LogP contribution < -0.4 is 5.32 Å². The average Bonchev–Trinajstić information content (AvgIpc) is 3.18. The molecule has 0 aliphatic carbocycles. The van der Waals surface area contributed by atoms with Gasteiger partial charge < -0.3 is 29.9 Å². The van der Waals surface area contributed by atoms with E-state index in [0.717, 1.165) is 33.4 Å². The number of aliphatic hydroxyl groups excluding tert-OH is 1. The molecule has 3 aromatic carbocycles. The standard InChI is InChI=1S/C29H30N4O4/c1-31-16-22-13-21(9-12-25(22)30-26(18-34)29(31)37)28(36)32(2)17-23-14-20-5-3-4-6-27(20)33(23)15-19-7-10-24(35)11-8-19/h3-14,26,30,34-35H,15-18H2,1-2H3/t26-/m1/s1. The first-order chi connectivity index (χ1) is 17.8. The molecule has 1 aliphatic rings. The second kappa shape index (κ2) is 9.99. The van der Waals surface area contributed by atoms with Crippen LogP contribution in [0, 0.1) is 0 Å². The van der Waals surface area contributed by atoms with Crippen LogP contribution in [0.4, 0.5) is 5.69 Å². The number of benzene rings is 3. The molecule has 1 aromatic heterocycles. The van der Waals surface area contributed by atoms with Crippen LogP contribution >= 0.6 is 0 Å². The zero-order valence-electron chi connectivity index (χ0n) is 20.9. The van der Waals surface area contributed by atoms with Gasteiger partial charge in [-0.1, -0.05) is 30.3 Å². The Labute approximate surface area is 215 Å². The second-order valence-corrected chi connectivity index (χ2v) is 9.55. The molecule has 0 saturated carbocycles. The maximum absolute atomic E-state index is 13.5. The normalized spacial score (nSPS) is 15.3. The van der Waals surface area contributed by atoms with Crippen LogP contribution in [0.3, 0.4) is 0 Å². The minimum Gasteiger partial charge on any atom is -0.508 e. The lowest BCUT2D eigenvalue weighted by atomic mass is 10.1.